The number of ether oxygens (including phenoxy) is 3. The van der Waals surface area contributed by atoms with E-state index >= 15 is 0 Å². The van der Waals surface area contributed by atoms with E-state index in [9.17, 15) is 0 Å². The van der Waals surface area contributed by atoms with Gasteiger partial charge >= 0.3 is 0 Å². The van der Waals surface area contributed by atoms with Crippen LogP contribution in [0.2, 0.25) is 0 Å². The monoisotopic (exact) mass is 252 g/mol. The highest BCUT2D eigenvalue weighted by Gasteiger charge is 2.13. The van der Waals surface area contributed by atoms with E-state index in [1.54, 1.807) is 0 Å². The zero-order valence-corrected chi connectivity index (χ0v) is 11.8. The summed E-state index contributed by atoms with van der Waals surface area (Å²) in [6, 6.07) is 10.1. The van der Waals surface area contributed by atoms with Crippen LogP contribution in [-0.2, 0) is 20.8 Å². The van der Waals surface area contributed by atoms with Gasteiger partial charge in [-0.15, -0.1) is 0 Å². The normalized spacial score (nSPS) is 11.7. The van der Waals surface area contributed by atoms with Crippen molar-refractivity contribution in [2.24, 2.45) is 0 Å². The van der Waals surface area contributed by atoms with Crippen LogP contribution in [0.3, 0.4) is 0 Å². The molecule has 0 bridgehead atoms. The lowest BCUT2D eigenvalue weighted by molar-refractivity contribution is -0.206. The molecule has 18 heavy (non-hydrogen) atoms. The highest BCUT2D eigenvalue weighted by atomic mass is 16.7. The molecule has 3 nitrogen and oxygen atoms in total. The summed E-state index contributed by atoms with van der Waals surface area (Å²) in [6.45, 7) is 9.01. The van der Waals surface area contributed by atoms with Crippen molar-refractivity contribution >= 4 is 0 Å². The maximum Gasteiger partial charge on any atom is 0.181 e. The zero-order valence-electron chi connectivity index (χ0n) is 11.8. The Bertz CT molecular complexity index is 299. The maximum atomic E-state index is 5.65. The molecule has 0 heterocycles. The summed E-state index contributed by atoms with van der Waals surface area (Å²) in [5, 5.41) is 0. The molecule has 0 aliphatic rings. The first-order valence-corrected chi connectivity index (χ1v) is 6.50. The summed E-state index contributed by atoms with van der Waals surface area (Å²) >= 11 is 0. The summed E-state index contributed by atoms with van der Waals surface area (Å²) in [5.41, 5.74) is 1.16. The highest BCUT2D eigenvalue weighted by Crippen LogP contribution is 2.07. The fourth-order valence-electron chi connectivity index (χ4n) is 1.57. The predicted molar refractivity (Wildman–Crippen MR) is 72.3 cm³/mol. The Labute approximate surface area is 110 Å². The summed E-state index contributed by atoms with van der Waals surface area (Å²) in [5.74, 6) is 0. The second-order valence-electron chi connectivity index (χ2n) is 4.80. The van der Waals surface area contributed by atoms with Gasteiger partial charge in [-0.1, -0.05) is 30.3 Å². The van der Waals surface area contributed by atoms with Crippen LogP contribution in [0.1, 0.15) is 33.3 Å². The van der Waals surface area contributed by atoms with Gasteiger partial charge in [0.05, 0.1) is 25.4 Å². The number of hydrogen-bond acceptors (Lipinski definition) is 3. The first kappa shape index (κ1) is 15.2. The summed E-state index contributed by atoms with van der Waals surface area (Å²) in [4.78, 5) is 0. The van der Waals surface area contributed by atoms with Gasteiger partial charge in [-0.25, -0.2) is 0 Å². The minimum absolute atomic E-state index is 0.133. The molecule has 3 heteroatoms. The summed E-state index contributed by atoms with van der Waals surface area (Å²) < 4.78 is 16.9. The Morgan fingerprint density at radius 2 is 1.44 bits per heavy atom. The standard InChI is InChI=1S/C15H24O3/c1-12(2)17-15(18-13(3)4)11-16-10-14-8-6-5-7-9-14/h5-9,12-13,15H,10-11H2,1-4H3. The average molecular weight is 252 g/mol. The van der Waals surface area contributed by atoms with Crippen LogP contribution in [0.5, 0.6) is 0 Å². The minimum atomic E-state index is -0.297. The molecular weight excluding hydrogens is 228 g/mol. The lowest BCUT2D eigenvalue weighted by Gasteiger charge is -2.22. The Hall–Kier alpha value is -0.900. The van der Waals surface area contributed by atoms with E-state index in [-0.39, 0.29) is 18.5 Å². The van der Waals surface area contributed by atoms with Gasteiger partial charge in [-0.3, -0.25) is 0 Å². The summed E-state index contributed by atoms with van der Waals surface area (Å²) in [7, 11) is 0. The lowest BCUT2D eigenvalue weighted by atomic mass is 10.2. The molecule has 1 aromatic carbocycles. The molecule has 0 unspecified atom stereocenters. The molecule has 0 saturated heterocycles. The van der Waals surface area contributed by atoms with Crippen molar-refractivity contribution in [1.29, 1.82) is 0 Å². The van der Waals surface area contributed by atoms with Crippen LogP contribution in [0, 0.1) is 0 Å². The Kier molecular flexibility index (Phi) is 6.94. The van der Waals surface area contributed by atoms with Gasteiger partial charge in [0, 0.05) is 0 Å². The molecule has 0 aromatic heterocycles. The predicted octanol–water partition coefficient (Wildman–Crippen LogP) is 3.38. The second-order valence-corrected chi connectivity index (χ2v) is 4.80. The second kappa shape index (κ2) is 8.25. The Morgan fingerprint density at radius 3 is 1.94 bits per heavy atom. The van der Waals surface area contributed by atoms with E-state index in [1.165, 1.54) is 0 Å². The van der Waals surface area contributed by atoms with Crippen LogP contribution >= 0.6 is 0 Å². The molecule has 0 amide bonds. The first-order valence-electron chi connectivity index (χ1n) is 6.50. The van der Waals surface area contributed by atoms with Crippen molar-refractivity contribution in [3.8, 4) is 0 Å². The van der Waals surface area contributed by atoms with Gasteiger partial charge in [0.2, 0.25) is 0 Å². The number of rotatable bonds is 8. The highest BCUT2D eigenvalue weighted by molar-refractivity contribution is 5.13. The van der Waals surface area contributed by atoms with Gasteiger partial charge < -0.3 is 14.2 Å². The van der Waals surface area contributed by atoms with Gasteiger partial charge in [-0.2, -0.15) is 0 Å². The Morgan fingerprint density at radius 1 is 0.889 bits per heavy atom. The summed E-state index contributed by atoms with van der Waals surface area (Å²) in [6.07, 6.45) is -0.0307. The molecule has 0 radical (unpaired) electrons. The van der Waals surface area contributed by atoms with Crippen molar-refractivity contribution in [2.75, 3.05) is 6.61 Å². The molecule has 0 aliphatic carbocycles. The Balaban J connectivity index is 2.32. The van der Waals surface area contributed by atoms with E-state index in [2.05, 4.69) is 0 Å². The van der Waals surface area contributed by atoms with Crippen molar-refractivity contribution in [3.05, 3.63) is 35.9 Å². The quantitative estimate of drug-likeness (QED) is 0.664. The maximum absolute atomic E-state index is 5.65. The molecule has 0 N–H and O–H groups in total. The minimum Gasteiger partial charge on any atom is -0.371 e. The molecule has 0 saturated carbocycles. The van der Waals surface area contributed by atoms with Gasteiger partial charge in [0.15, 0.2) is 6.29 Å². The van der Waals surface area contributed by atoms with Crippen LogP contribution in [-0.4, -0.2) is 25.1 Å². The number of hydrogen-bond donors (Lipinski definition) is 0. The van der Waals surface area contributed by atoms with Crippen LogP contribution < -0.4 is 0 Å². The lowest BCUT2D eigenvalue weighted by Crippen LogP contribution is -2.29. The van der Waals surface area contributed by atoms with Crippen molar-refractivity contribution < 1.29 is 14.2 Å². The average Bonchev–Trinajstić information content (AvgIpc) is 2.28. The molecule has 0 spiro atoms. The number of benzene rings is 1. The van der Waals surface area contributed by atoms with Gasteiger partial charge in [-0.05, 0) is 33.3 Å². The van der Waals surface area contributed by atoms with Gasteiger partial charge in [0.25, 0.3) is 0 Å². The fraction of sp³-hybridized carbons (Fsp3) is 0.600. The zero-order chi connectivity index (χ0) is 13.4. The SMILES string of the molecule is CC(C)OC(COCc1ccccc1)OC(C)C. The van der Waals surface area contributed by atoms with E-state index < -0.39 is 0 Å². The molecular formula is C15H24O3. The smallest absolute Gasteiger partial charge is 0.181 e. The van der Waals surface area contributed by atoms with E-state index in [0.29, 0.717) is 13.2 Å². The first-order chi connectivity index (χ1) is 8.58. The van der Waals surface area contributed by atoms with E-state index in [1.807, 2.05) is 58.0 Å². The van der Waals surface area contributed by atoms with Crippen LogP contribution in [0.4, 0.5) is 0 Å². The third kappa shape index (κ3) is 6.74. The molecule has 0 fully saturated rings. The molecule has 1 rings (SSSR count). The molecule has 102 valence electrons. The largest absolute Gasteiger partial charge is 0.371 e. The van der Waals surface area contributed by atoms with Crippen LogP contribution in [0.15, 0.2) is 30.3 Å². The van der Waals surface area contributed by atoms with Crippen molar-refractivity contribution in [3.63, 3.8) is 0 Å². The topological polar surface area (TPSA) is 27.7 Å². The molecule has 0 atom stereocenters. The third-order valence-corrected chi connectivity index (χ3v) is 2.21. The molecule has 1 aromatic rings. The molecule has 0 aliphatic heterocycles. The van der Waals surface area contributed by atoms with Gasteiger partial charge in [0.1, 0.15) is 0 Å². The van der Waals surface area contributed by atoms with E-state index in [4.69, 9.17) is 14.2 Å². The fourth-order valence-corrected chi connectivity index (χ4v) is 1.57. The van der Waals surface area contributed by atoms with Crippen molar-refractivity contribution in [2.45, 2.75) is 52.8 Å². The van der Waals surface area contributed by atoms with E-state index in [0.717, 1.165) is 5.56 Å². The van der Waals surface area contributed by atoms with Crippen LogP contribution in [0.25, 0.3) is 0 Å². The van der Waals surface area contributed by atoms with Crippen molar-refractivity contribution in [1.82, 2.24) is 0 Å². The third-order valence-electron chi connectivity index (χ3n) is 2.21.